The van der Waals surface area contributed by atoms with Crippen molar-refractivity contribution in [2.75, 3.05) is 0 Å². The van der Waals surface area contributed by atoms with Crippen LogP contribution in [0.4, 0.5) is 0 Å². The Bertz CT molecular complexity index is 189. The third-order valence-electron chi connectivity index (χ3n) is 3.69. The summed E-state index contributed by atoms with van der Waals surface area (Å²) in [5, 5.41) is 3.78. The van der Waals surface area contributed by atoms with Gasteiger partial charge in [0.2, 0.25) is 0 Å². The van der Waals surface area contributed by atoms with Crippen molar-refractivity contribution in [2.24, 2.45) is 10.8 Å². The largest absolute Gasteiger partial charge is 0.311 e. The van der Waals surface area contributed by atoms with Crippen LogP contribution in [0.5, 0.6) is 0 Å². The maximum atomic E-state index is 3.78. The molecule has 0 radical (unpaired) electrons. The Kier molecular flexibility index (Phi) is 3.86. The van der Waals surface area contributed by atoms with Crippen molar-refractivity contribution in [1.82, 2.24) is 5.32 Å². The quantitative estimate of drug-likeness (QED) is 0.744. The molecule has 0 aromatic carbocycles. The van der Waals surface area contributed by atoms with Gasteiger partial charge in [0.15, 0.2) is 0 Å². The predicted octanol–water partition coefficient (Wildman–Crippen LogP) is 3.98. The predicted molar refractivity (Wildman–Crippen MR) is 68.1 cm³/mol. The van der Waals surface area contributed by atoms with Gasteiger partial charge in [-0.2, -0.15) is 0 Å². The molecule has 1 fully saturated rings. The van der Waals surface area contributed by atoms with Crippen LogP contribution in [0.3, 0.4) is 0 Å². The summed E-state index contributed by atoms with van der Waals surface area (Å²) in [5.41, 5.74) is 1.01. The molecule has 1 nitrogen and oxygen atoms in total. The van der Waals surface area contributed by atoms with Crippen LogP contribution < -0.4 is 5.32 Å². The molecule has 0 amide bonds. The summed E-state index contributed by atoms with van der Waals surface area (Å²) in [6.07, 6.45) is 5.26. The van der Waals surface area contributed by atoms with E-state index in [0.29, 0.717) is 16.9 Å². The Morgan fingerprint density at radius 2 is 1.60 bits per heavy atom. The van der Waals surface area contributed by atoms with E-state index in [4.69, 9.17) is 0 Å². The van der Waals surface area contributed by atoms with Gasteiger partial charge in [-0.25, -0.2) is 0 Å². The van der Waals surface area contributed by atoms with Crippen molar-refractivity contribution in [3.05, 3.63) is 0 Å². The molecular weight excluding hydrogens is 182 g/mol. The highest BCUT2D eigenvalue weighted by Crippen LogP contribution is 2.45. The summed E-state index contributed by atoms with van der Waals surface area (Å²) in [6, 6.07) is 1.39. The molecule has 0 aliphatic heterocycles. The minimum Gasteiger partial charge on any atom is -0.311 e. The van der Waals surface area contributed by atoms with Crippen molar-refractivity contribution in [1.29, 1.82) is 0 Å². The molecule has 1 aliphatic rings. The Labute approximate surface area is 96.0 Å². The minimum absolute atomic E-state index is 0.507. The van der Waals surface area contributed by atoms with Gasteiger partial charge in [0, 0.05) is 12.1 Å². The van der Waals surface area contributed by atoms with Gasteiger partial charge < -0.3 is 5.32 Å². The first-order chi connectivity index (χ1) is 6.74. The lowest BCUT2D eigenvalue weighted by atomic mass is 9.63. The molecule has 1 unspecified atom stereocenters. The molecule has 1 N–H and O–H groups in total. The van der Waals surface area contributed by atoms with Crippen LogP contribution in [0.25, 0.3) is 0 Å². The van der Waals surface area contributed by atoms with E-state index in [0.717, 1.165) is 6.04 Å². The average molecular weight is 211 g/mol. The van der Waals surface area contributed by atoms with Crippen LogP contribution >= 0.6 is 0 Å². The van der Waals surface area contributed by atoms with Crippen LogP contribution in [0, 0.1) is 10.8 Å². The van der Waals surface area contributed by atoms with E-state index >= 15 is 0 Å². The Morgan fingerprint density at radius 3 is 2.00 bits per heavy atom. The SMILES string of the molecule is CCC(C)NC1CC(C)(C)CC(C)(C)C1. The van der Waals surface area contributed by atoms with E-state index in [1.807, 2.05) is 0 Å². The second-order valence-corrected chi connectivity index (χ2v) is 7.09. The zero-order chi connectivity index (χ0) is 11.7. The van der Waals surface area contributed by atoms with Gasteiger partial charge in [-0.05, 0) is 43.4 Å². The topological polar surface area (TPSA) is 12.0 Å². The lowest BCUT2D eigenvalue weighted by Gasteiger charge is -2.46. The van der Waals surface area contributed by atoms with E-state index in [2.05, 4.69) is 46.9 Å². The average Bonchev–Trinajstić information content (AvgIpc) is 1.97. The molecule has 1 rings (SSSR count). The maximum absolute atomic E-state index is 3.78. The normalized spacial score (nSPS) is 27.6. The number of rotatable bonds is 3. The van der Waals surface area contributed by atoms with Gasteiger partial charge in [0.25, 0.3) is 0 Å². The number of hydrogen-bond donors (Lipinski definition) is 1. The molecule has 0 heterocycles. The van der Waals surface area contributed by atoms with Crippen LogP contribution in [-0.2, 0) is 0 Å². The summed E-state index contributed by atoms with van der Waals surface area (Å²) in [7, 11) is 0. The summed E-state index contributed by atoms with van der Waals surface area (Å²) < 4.78 is 0. The minimum atomic E-state index is 0.507. The first kappa shape index (κ1) is 13.0. The van der Waals surface area contributed by atoms with E-state index in [1.54, 1.807) is 0 Å². The lowest BCUT2D eigenvalue weighted by Crippen LogP contribution is -2.46. The van der Waals surface area contributed by atoms with Gasteiger partial charge in [0.1, 0.15) is 0 Å². The zero-order valence-electron chi connectivity index (χ0n) is 11.5. The highest BCUT2D eigenvalue weighted by atomic mass is 14.9. The monoisotopic (exact) mass is 211 g/mol. The first-order valence-electron chi connectivity index (χ1n) is 6.50. The Morgan fingerprint density at radius 1 is 1.13 bits per heavy atom. The van der Waals surface area contributed by atoms with E-state index in [1.165, 1.54) is 25.7 Å². The van der Waals surface area contributed by atoms with Crippen LogP contribution in [-0.4, -0.2) is 12.1 Å². The fourth-order valence-corrected chi connectivity index (χ4v) is 3.48. The van der Waals surface area contributed by atoms with E-state index in [9.17, 15) is 0 Å². The van der Waals surface area contributed by atoms with Crippen LogP contribution in [0.2, 0.25) is 0 Å². The highest BCUT2D eigenvalue weighted by Gasteiger charge is 2.38. The Hall–Kier alpha value is -0.0400. The Balaban J connectivity index is 2.59. The second-order valence-electron chi connectivity index (χ2n) is 7.09. The summed E-state index contributed by atoms with van der Waals surface area (Å²) in [6.45, 7) is 14.2. The molecule has 0 saturated heterocycles. The molecule has 15 heavy (non-hydrogen) atoms. The number of hydrogen-bond acceptors (Lipinski definition) is 1. The maximum Gasteiger partial charge on any atom is 0.00797 e. The van der Waals surface area contributed by atoms with Gasteiger partial charge in [-0.3, -0.25) is 0 Å². The summed E-state index contributed by atoms with van der Waals surface area (Å²) in [5.74, 6) is 0. The van der Waals surface area contributed by atoms with E-state index in [-0.39, 0.29) is 0 Å². The van der Waals surface area contributed by atoms with Crippen LogP contribution in [0.1, 0.15) is 67.2 Å². The van der Waals surface area contributed by atoms with Crippen molar-refractivity contribution in [3.8, 4) is 0 Å². The molecule has 1 saturated carbocycles. The van der Waals surface area contributed by atoms with Crippen molar-refractivity contribution in [2.45, 2.75) is 79.3 Å². The first-order valence-corrected chi connectivity index (χ1v) is 6.50. The highest BCUT2D eigenvalue weighted by molar-refractivity contribution is 4.92. The third kappa shape index (κ3) is 4.14. The van der Waals surface area contributed by atoms with Crippen molar-refractivity contribution >= 4 is 0 Å². The molecule has 0 spiro atoms. The molecule has 1 atom stereocenters. The smallest absolute Gasteiger partial charge is 0.00797 e. The molecule has 0 bridgehead atoms. The standard InChI is InChI=1S/C14H29N/c1-7-11(2)15-12-8-13(3,4)10-14(5,6)9-12/h11-12,15H,7-10H2,1-6H3. The molecule has 0 aromatic rings. The van der Waals surface area contributed by atoms with E-state index < -0.39 is 0 Å². The van der Waals surface area contributed by atoms with Gasteiger partial charge >= 0.3 is 0 Å². The summed E-state index contributed by atoms with van der Waals surface area (Å²) >= 11 is 0. The van der Waals surface area contributed by atoms with Crippen LogP contribution in [0.15, 0.2) is 0 Å². The third-order valence-corrected chi connectivity index (χ3v) is 3.69. The fraction of sp³-hybridized carbons (Fsp3) is 1.00. The van der Waals surface area contributed by atoms with Gasteiger partial charge in [0.05, 0.1) is 0 Å². The van der Waals surface area contributed by atoms with Crippen molar-refractivity contribution in [3.63, 3.8) is 0 Å². The fourth-order valence-electron chi connectivity index (χ4n) is 3.48. The summed E-state index contributed by atoms with van der Waals surface area (Å²) in [4.78, 5) is 0. The molecule has 90 valence electrons. The molecular formula is C14H29N. The lowest BCUT2D eigenvalue weighted by molar-refractivity contribution is 0.0809. The van der Waals surface area contributed by atoms with Crippen molar-refractivity contribution < 1.29 is 0 Å². The molecule has 0 aromatic heterocycles. The molecule has 1 aliphatic carbocycles. The second kappa shape index (κ2) is 4.45. The number of nitrogens with one attached hydrogen (secondary N) is 1. The van der Waals surface area contributed by atoms with Gasteiger partial charge in [-0.15, -0.1) is 0 Å². The zero-order valence-corrected chi connectivity index (χ0v) is 11.5. The molecule has 1 heteroatoms. The van der Waals surface area contributed by atoms with Gasteiger partial charge in [-0.1, -0.05) is 34.6 Å².